The molecule has 3 unspecified atom stereocenters. The van der Waals surface area contributed by atoms with Crippen molar-refractivity contribution in [1.29, 1.82) is 0 Å². The summed E-state index contributed by atoms with van der Waals surface area (Å²) in [6.45, 7) is 2.17. The smallest absolute Gasteiger partial charge is 0.0194 e. The van der Waals surface area contributed by atoms with Crippen LogP contribution in [0.2, 0.25) is 0 Å². The van der Waals surface area contributed by atoms with Gasteiger partial charge >= 0.3 is 0 Å². The van der Waals surface area contributed by atoms with Crippen LogP contribution in [0, 0.1) is 11.8 Å². The van der Waals surface area contributed by atoms with E-state index >= 15 is 0 Å². The molecular weight excluding hydrogens is 110 g/mol. The lowest BCUT2D eigenvalue weighted by Crippen LogP contribution is -2.39. The molecule has 2 N–H and O–H groups in total. The van der Waals surface area contributed by atoms with Gasteiger partial charge in [-0.2, -0.15) is 0 Å². The van der Waals surface area contributed by atoms with E-state index in [1.165, 1.54) is 12.8 Å². The van der Waals surface area contributed by atoms with Crippen LogP contribution in [-0.2, 0) is 0 Å². The molecule has 0 spiro atoms. The minimum Gasteiger partial charge on any atom is -0.325 e. The molecule has 0 heterocycles. The molecule has 0 aromatic heterocycles. The van der Waals surface area contributed by atoms with Gasteiger partial charge in [0, 0.05) is 5.54 Å². The largest absolute Gasteiger partial charge is 0.325 e. The Morgan fingerprint density at radius 2 is 2.33 bits per heavy atom. The number of allylic oxidation sites excluding steroid dienone is 1. The monoisotopic (exact) mass is 123 g/mol. The van der Waals surface area contributed by atoms with Crippen molar-refractivity contribution in [2.75, 3.05) is 0 Å². The molecule has 2 rings (SSSR count). The highest BCUT2D eigenvalue weighted by molar-refractivity contribution is 5.16. The van der Waals surface area contributed by atoms with Crippen LogP contribution >= 0.6 is 0 Å². The molecule has 50 valence electrons. The van der Waals surface area contributed by atoms with Crippen LogP contribution < -0.4 is 5.73 Å². The average molecular weight is 123 g/mol. The van der Waals surface area contributed by atoms with Gasteiger partial charge in [-0.25, -0.2) is 0 Å². The van der Waals surface area contributed by atoms with Crippen molar-refractivity contribution in [1.82, 2.24) is 0 Å². The van der Waals surface area contributed by atoms with Gasteiger partial charge in [-0.1, -0.05) is 12.2 Å². The summed E-state index contributed by atoms with van der Waals surface area (Å²) >= 11 is 0. The van der Waals surface area contributed by atoms with Gasteiger partial charge in [0.2, 0.25) is 0 Å². The standard InChI is InChI=1S/C8H13N/c1-8(9)5-6-2-3-7(8)4-6/h2-3,6-7H,4-5,9H2,1H3. The lowest BCUT2D eigenvalue weighted by Gasteiger charge is -2.25. The zero-order valence-electron chi connectivity index (χ0n) is 5.80. The zero-order valence-corrected chi connectivity index (χ0v) is 5.80. The maximum Gasteiger partial charge on any atom is 0.0194 e. The van der Waals surface area contributed by atoms with Gasteiger partial charge in [0.15, 0.2) is 0 Å². The molecule has 1 fully saturated rings. The predicted octanol–water partition coefficient (Wildman–Crippen LogP) is 1.30. The quantitative estimate of drug-likeness (QED) is 0.483. The summed E-state index contributed by atoms with van der Waals surface area (Å²) in [6, 6.07) is 0. The van der Waals surface area contributed by atoms with E-state index in [9.17, 15) is 0 Å². The van der Waals surface area contributed by atoms with Gasteiger partial charge in [0.05, 0.1) is 0 Å². The third-order valence-corrected chi connectivity index (χ3v) is 2.72. The second kappa shape index (κ2) is 1.40. The van der Waals surface area contributed by atoms with Crippen LogP contribution in [-0.4, -0.2) is 5.54 Å². The van der Waals surface area contributed by atoms with Gasteiger partial charge < -0.3 is 5.73 Å². The molecule has 1 saturated carbocycles. The second-order valence-electron chi connectivity index (χ2n) is 3.70. The van der Waals surface area contributed by atoms with Crippen molar-refractivity contribution in [3.05, 3.63) is 12.2 Å². The molecule has 3 atom stereocenters. The topological polar surface area (TPSA) is 26.0 Å². The van der Waals surface area contributed by atoms with E-state index < -0.39 is 0 Å². The van der Waals surface area contributed by atoms with E-state index in [2.05, 4.69) is 19.1 Å². The van der Waals surface area contributed by atoms with Crippen LogP contribution in [0.15, 0.2) is 12.2 Å². The molecule has 0 aromatic rings. The molecule has 0 aromatic carbocycles. The Morgan fingerprint density at radius 1 is 1.56 bits per heavy atom. The zero-order chi connectivity index (χ0) is 6.48. The van der Waals surface area contributed by atoms with Crippen LogP contribution in [0.3, 0.4) is 0 Å². The Labute approximate surface area is 55.9 Å². The first-order valence-electron chi connectivity index (χ1n) is 3.66. The molecule has 1 nitrogen and oxygen atoms in total. The van der Waals surface area contributed by atoms with Crippen molar-refractivity contribution in [3.8, 4) is 0 Å². The van der Waals surface area contributed by atoms with Crippen molar-refractivity contribution >= 4 is 0 Å². The summed E-state index contributed by atoms with van der Waals surface area (Å²) in [5, 5.41) is 0. The highest BCUT2D eigenvalue weighted by Gasteiger charge is 2.41. The Morgan fingerprint density at radius 3 is 2.56 bits per heavy atom. The highest BCUT2D eigenvalue weighted by Crippen LogP contribution is 2.44. The minimum absolute atomic E-state index is 0.124. The summed E-state index contributed by atoms with van der Waals surface area (Å²) in [5.74, 6) is 1.49. The van der Waals surface area contributed by atoms with Crippen LogP contribution in [0.25, 0.3) is 0 Å². The summed E-state index contributed by atoms with van der Waals surface area (Å²) in [5.41, 5.74) is 6.14. The molecule has 0 radical (unpaired) electrons. The number of fused-ring (bicyclic) bond motifs is 2. The van der Waals surface area contributed by atoms with Gasteiger partial charge in [0.25, 0.3) is 0 Å². The van der Waals surface area contributed by atoms with E-state index in [0.29, 0.717) is 5.92 Å². The molecule has 1 heteroatoms. The van der Waals surface area contributed by atoms with Gasteiger partial charge in [0.1, 0.15) is 0 Å². The fourth-order valence-electron chi connectivity index (χ4n) is 2.13. The molecular formula is C8H13N. The van der Waals surface area contributed by atoms with Crippen molar-refractivity contribution in [2.45, 2.75) is 25.3 Å². The first-order chi connectivity index (χ1) is 4.18. The first-order valence-corrected chi connectivity index (χ1v) is 3.66. The van der Waals surface area contributed by atoms with Crippen LogP contribution in [0.1, 0.15) is 19.8 Å². The Kier molecular flexibility index (Phi) is 0.854. The van der Waals surface area contributed by atoms with Gasteiger partial charge in [-0.15, -0.1) is 0 Å². The lowest BCUT2D eigenvalue weighted by atomic mass is 9.88. The number of rotatable bonds is 0. The molecule has 0 saturated heterocycles. The van der Waals surface area contributed by atoms with Crippen molar-refractivity contribution < 1.29 is 0 Å². The van der Waals surface area contributed by atoms with E-state index in [1.807, 2.05) is 0 Å². The molecule has 0 amide bonds. The Hall–Kier alpha value is -0.300. The normalized spacial score (nSPS) is 54.9. The van der Waals surface area contributed by atoms with Crippen LogP contribution in [0.4, 0.5) is 0 Å². The number of hydrogen-bond acceptors (Lipinski definition) is 1. The van der Waals surface area contributed by atoms with E-state index in [-0.39, 0.29) is 5.54 Å². The number of hydrogen-bond donors (Lipinski definition) is 1. The van der Waals surface area contributed by atoms with Gasteiger partial charge in [-0.05, 0) is 31.6 Å². The second-order valence-corrected chi connectivity index (χ2v) is 3.70. The van der Waals surface area contributed by atoms with E-state index in [0.717, 1.165) is 5.92 Å². The molecule has 0 aliphatic heterocycles. The van der Waals surface area contributed by atoms with E-state index in [1.54, 1.807) is 0 Å². The first kappa shape index (κ1) is 5.48. The summed E-state index contributed by atoms with van der Waals surface area (Å²) in [4.78, 5) is 0. The van der Waals surface area contributed by atoms with Crippen molar-refractivity contribution in [2.24, 2.45) is 17.6 Å². The summed E-state index contributed by atoms with van der Waals surface area (Å²) in [6.07, 6.45) is 7.12. The summed E-state index contributed by atoms with van der Waals surface area (Å²) in [7, 11) is 0. The minimum atomic E-state index is 0.124. The molecule has 9 heavy (non-hydrogen) atoms. The van der Waals surface area contributed by atoms with E-state index in [4.69, 9.17) is 5.73 Å². The SMILES string of the molecule is CC1(N)CC2C=CC1C2. The number of nitrogens with two attached hydrogens (primary N) is 1. The maximum absolute atomic E-state index is 6.01. The molecule has 2 aliphatic carbocycles. The Balaban J connectivity index is 2.29. The molecule has 2 aliphatic rings. The van der Waals surface area contributed by atoms with Crippen molar-refractivity contribution in [3.63, 3.8) is 0 Å². The Bertz CT molecular complexity index is 158. The highest BCUT2D eigenvalue weighted by atomic mass is 14.8. The predicted molar refractivity (Wildman–Crippen MR) is 37.9 cm³/mol. The average Bonchev–Trinajstić information content (AvgIpc) is 2.19. The maximum atomic E-state index is 6.01. The fraction of sp³-hybridized carbons (Fsp3) is 0.750. The third-order valence-electron chi connectivity index (χ3n) is 2.72. The third kappa shape index (κ3) is 0.645. The summed E-state index contributed by atoms with van der Waals surface area (Å²) < 4.78 is 0. The lowest BCUT2D eigenvalue weighted by molar-refractivity contribution is 0.396. The fourth-order valence-corrected chi connectivity index (χ4v) is 2.13. The molecule has 2 bridgehead atoms. The van der Waals surface area contributed by atoms with Crippen LogP contribution in [0.5, 0.6) is 0 Å². The van der Waals surface area contributed by atoms with Gasteiger partial charge in [-0.3, -0.25) is 0 Å².